The molecule has 0 bridgehead atoms. The summed E-state index contributed by atoms with van der Waals surface area (Å²) in [5.41, 5.74) is 6.62. The predicted molar refractivity (Wildman–Crippen MR) is 68.5 cm³/mol. The van der Waals surface area contributed by atoms with Gasteiger partial charge >= 0.3 is 0 Å². The molecule has 1 aromatic heterocycles. The Morgan fingerprint density at radius 2 is 2.12 bits per heavy atom. The van der Waals surface area contributed by atoms with E-state index in [9.17, 15) is 0 Å². The largest absolute Gasteiger partial charge is 0.384 e. The SMILES string of the molecule is NCCCCNc1cccc2ccncc12. The first-order chi connectivity index (χ1) is 7.92. The number of nitrogens with two attached hydrogens (primary N) is 1. The summed E-state index contributed by atoms with van der Waals surface area (Å²) >= 11 is 0. The van der Waals surface area contributed by atoms with Gasteiger partial charge in [0.25, 0.3) is 0 Å². The number of fused-ring (bicyclic) bond motifs is 1. The molecule has 84 valence electrons. The van der Waals surface area contributed by atoms with Crippen molar-refractivity contribution in [2.24, 2.45) is 5.73 Å². The molecule has 1 aromatic carbocycles. The van der Waals surface area contributed by atoms with Crippen LogP contribution in [0.25, 0.3) is 10.8 Å². The number of nitrogens with zero attached hydrogens (tertiary/aromatic N) is 1. The Bertz CT molecular complexity index is 448. The first-order valence-electron chi connectivity index (χ1n) is 5.68. The van der Waals surface area contributed by atoms with Gasteiger partial charge in [0, 0.05) is 30.0 Å². The lowest BCUT2D eigenvalue weighted by Crippen LogP contribution is -2.05. The monoisotopic (exact) mass is 215 g/mol. The lowest BCUT2D eigenvalue weighted by atomic mass is 10.1. The Hall–Kier alpha value is -1.61. The third-order valence-electron chi connectivity index (χ3n) is 2.63. The average molecular weight is 215 g/mol. The molecule has 2 rings (SSSR count). The molecule has 2 aromatic rings. The van der Waals surface area contributed by atoms with Crippen LogP contribution in [0.3, 0.4) is 0 Å². The molecule has 16 heavy (non-hydrogen) atoms. The fraction of sp³-hybridized carbons (Fsp3) is 0.308. The van der Waals surface area contributed by atoms with Gasteiger partial charge in [-0.2, -0.15) is 0 Å². The van der Waals surface area contributed by atoms with Crippen molar-refractivity contribution in [3.63, 3.8) is 0 Å². The van der Waals surface area contributed by atoms with Crippen molar-refractivity contribution in [2.75, 3.05) is 18.4 Å². The fourth-order valence-corrected chi connectivity index (χ4v) is 1.76. The number of pyridine rings is 1. The van der Waals surface area contributed by atoms with E-state index in [1.807, 2.05) is 18.5 Å². The number of hydrogen-bond acceptors (Lipinski definition) is 3. The number of anilines is 1. The number of unbranched alkanes of at least 4 members (excludes halogenated alkanes) is 1. The van der Waals surface area contributed by atoms with Crippen LogP contribution in [0.1, 0.15) is 12.8 Å². The predicted octanol–water partition coefficient (Wildman–Crippen LogP) is 2.39. The molecular weight excluding hydrogens is 198 g/mol. The molecular formula is C13H17N3. The van der Waals surface area contributed by atoms with Gasteiger partial charge in [-0.25, -0.2) is 0 Å². The molecule has 0 saturated heterocycles. The molecule has 0 aliphatic heterocycles. The zero-order valence-corrected chi connectivity index (χ0v) is 9.32. The van der Waals surface area contributed by atoms with E-state index in [0.29, 0.717) is 0 Å². The van der Waals surface area contributed by atoms with E-state index in [0.717, 1.165) is 31.6 Å². The third-order valence-corrected chi connectivity index (χ3v) is 2.63. The van der Waals surface area contributed by atoms with Crippen LogP contribution in [0.2, 0.25) is 0 Å². The standard InChI is InChI=1S/C13H17N3/c14-7-1-2-8-16-13-5-3-4-11-6-9-15-10-12(11)13/h3-6,9-10,16H,1-2,7-8,14H2. The summed E-state index contributed by atoms with van der Waals surface area (Å²) in [5.74, 6) is 0. The van der Waals surface area contributed by atoms with Crippen LogP contribution >= 0.6 is 0 Å². The number of benzene rings is 1. The first kappa shape index (κ1) is 10.9. The molecule has 0 saturated carbocycles. The molecule has 0 atom stereocenters. The molecule has 0 aliphatic rings. The van der Waals surface area contributed by atoms with E-state index < -0.39 is 0 Å². The van der Waals surface area contributed by atoms with Crippen molar-refractivity contribution < 1.29 is 0 Å². The number of rotatable bonds is 5. The number of aromatic nitrogens is 1. The van der Waals surface area contributed by atoms with Crippen LogP contribution in [-0.2, 0) is 0 Å². The summed E-state index contributed by atoms with van der Waals surface area (Å²) < 4.78 is 0. The van der Waals surface area contributed by atoms with Crippen LogP contribution in [0.5, 0.6) is 0 Å². The quantitative estimate of drug-likeness (QED) is 0.753. The Labute approximate surface area is 95.7 Å². The minimum Gasteiger partial charge on any atom is -0.384 e. The van der Waals surface area contributed by atoms with Crippen molar-refractivity contribution in [1.82, 2.24) is 4.98 Å². The maximum Gasteiger partial charge on any atom is 0.0435 e. The van der Waals surface area contributed by atoms with E-state index in [-0.39, 0.29) is 0 Å². The second-order valence-electron chi connectivity index (χ2n) is 3.82. The lowest BCUT2D eigenvalue weighted by molar-refractivity contribution is 0.774. The maximum absolute atomic E-state index is 5.46. The first-order valence-corrected chi connectivity index (χ1v) is 5.68. The molecule has 3 heteroatoms. The van der Waals surface area contributed by atoms with Crippen LogP contribution in [0.15, 0.2) is 36.7 Å². The fourth-order valence-electron chi connectivity index (χ4n) is 1.76. The van der Waals surface area contributed by atoms with E-state index in [1.54, 1.807) is 0 Å². The van der Waals surface area contributed by atoms with Gasteiger partial charge in [-0.05, 0) is 36.9 Å². The van der Waals surface area contributed by atoms with Crippen molar-refractivity contribution in [3.05, 3.63) is 36.7 Å². The zero-order valence-electron chi connectivity index (χ0n) is 9.32. The van der Waals surface area contributed by atoms with Gasteiger partial charge in [-0.3, -0.25) is 4.98 Å². The molecule has 3 N–H and O–H groups in total. The molecule has 0 unspecified atom stereocenters. The summed E-state index contributed by atoms with van der Waals surface area (Å²) in [5, 5.41) is 5.83. The Morgan fingerprint density at radius 1 is 1.19 bits per heavy atom. The number of nitrogens with one attached hydrogen (secondary N) is 1. The van der Waals surface area contributed by atoms with Crippen molar-refractivity contribution >= 4 is 16.5 Å². The minimum atomic E-state index is 0.763. The van der Waals surface area contributed by atoms with Crippen LogP contribution in [-0.4, -0.2) is 18.1 Å². The summed E-state index contributed by atoms with van der Waals surface area (Å²) in [7, 11) is 0. The molecule has 0 spiro atoms. The highest BCUT2D eigenvalue weighted by Crippen LogP contribution is 2.21. The number of hydrogen-bond donors (Lipinski definition) is 2. The molecule has 0 amide bonds. The van der Waals surface area contributed by atoms with Crippen LogP contribution in [0, 0.1) is 0 Å². The van der Waals surface area contributed by atoms with Crippen molar-refractivity contribution in [1.29, 1.82) is 0 Å². The maximum atomic E-state index is 5.46. The van der Waals surface area contributed by atoms with Gasteiger partial charge in [-0.15, -0.1) is 0 Å². The second-order valence-corrected chi connectivity index (χ2v) is 3.82. The van der Waals surface area contributed by atoms with Gasteiger partial charge in [0.2, 0.25) is 0 Å². The highest BCUT2D eigenvalue weighted by atomic mass is 14.9. The third kappa shape index (κ3) is 2.49. The van der Waals surface area contributed by atoms with Gasteiger partial charge in [0.05, 0.1) is 0 Å². The normalized spacial score (nSPS) is 10.6. The van der Waals surface area contributed by atoms with E-state index in [4.69, 9.17) is 5.73 Å². The Kier molecular flexibility index (Phi) is 3.72. The highest BCUT2D eigenvalue weighted by Gasteiger charge is 1.98. The van der Waals surface area contributed by atoms with Gasteiger partial charge in [-0.1, -0.05) is 12.1 Å². The van der Waals surface area contributed by atoms with Gasteiger partial charge < -0.3 is 11.1 Å². The summed E-state index contributed by atoms with van der Waals surface area (Å²) in [6, 6.07) is 8.28. The topological polar surface area (TPSA) is 50.9 Å². The highest BCUT2D eigenvalue weighted by molar-refractivity contribution is 5.92. The van der Waals surface area contributed by atoms with E-state index in [2.05, 4.69) is 28.5 Å². The summed E-state index contributed by atoms with van der Waals surface area (Å²) in [4.78, 5) is 4.16. The molecule has 0 aliphatic carbocycles. The van der Waals surface area contributed by atoms with Crippen LogP contribution in [0.4, 0.5) is 5.69 Å². The van der Waals surface area contributed by atoms with Gasteiger partial charge in [0.1, 0.15) is 0 Å². The van der Waals surface area contributed by atoms with Crippen LogP contribution < -0.4 is 11.1 Å². The van der Waals surface area contributed by atoms with E-state index >= 15 is 0 Å². The smallest absolute Gasteiger partial charge is 0.0435 e. The summed E-state index contributed by atoms with van der Waals surface area (Å²) in [6.07, 6.45) is 5.89. The van der Waals surface area contributed by atoms with Crippen molar-refractivity contribution in [2.45, 2.75) is 12.8 Å². The molecule has 1 heterocycles. The molecule has 0 fully saturated rings. The second kappa shape index (κ2) is 5.47. The van der Waals surface area contributed by atoms with Gasteiger partial charge in [0.15, 0.2) is 0 Å². The molecule has 0 radical (unpaired) electrons. The Morgan fingerprint density at radius 3 is 3.00 bits per heavy atom. The zero-order chi connectivity index (χ0) is 11.2. The summed E-state index contributed by atoms with van der Waals surface area (Å²) in [6.45, 7) is 1.73. The van der Waals surface area contributed by atoms with Crippen molar-refractivity contribution in [3.8, 4) is 0 Å². The lowest BCUT2D eigenvalue weighted by Gasteiger charge is -2.08. The Balaban J connectivity index is 2.11. The molecule has 3 nitrogen and oxygen atoms in total. The van der Waals surface area contributed by atoms with E-state index in [1.165, 1.54) is 10.8 Å². The average Bonchev–Trinajstić information content (AvgIpc) is 2.35. The minimum absolute atomic E-state index is 0.763.